The van der Waals surface area contributed by atoms with Crippen LogP contribution in [0, 0.1) is 5.92 Å². The molecule has 0 aliphatic heterocycles. The highest BCUT2D eigenvalue weighted by molar-refractivity contribution is 7.92. The average Bonchev–Trinajstić information content (AvgIpc) is 2.27. The monoisotopic (exact) mass is 247 g/mol. The second-order valence-electron chi connectivity index (χ2n) is 5.32. The van der Waals surface area contributed by atoms with Gasteiger partial charge in [-0.25, -0.2) is 8.42 Å². The van der Waals surface area contributed by atoms with Crippen molar-refractivity contribution < 1.29 is 8.42 Å². The fourth-order valence-electron chi connectivity index (χ4n) is 2.30. The number of hydrogen-bond acceptors (Lipinski definition) is 3. The molecule has 0 spiro atoms. The molecule has 1 saturated carbocycles. The van der Waals surface area contributed by atoms with Gasteiger partial charge in [-0.2, -0.15) is 0 Å². The Balaban J connectivity index is 2.54. The van der Waals surface area contributed by atoms with Gasteiger partial charge in [0.25, 0.3) is 0 Å². The van der Waals surface area contributed by atoms with E-state index >= 15 is 0 Å². The van der Waals surface area contributed by atoms with Crippen LogP contribution in [0.4, 0.5) is 0 Å². The normalized spacial score (nSPS) is 27.2. The van der Waals surface area contributed by atoms with Crippen molar-refractivity contribution in [3.8, 4) is 0 Å². The van der Waals surface area contributed by atoms with Crippen molar-refractivity contribution in [2.45, 2.75) is 57.2 Å². The zero-order valence-electron chi connectivity index (χ0n) is 10.7. The lowest BCUT2D eigenvalue weighted by Gasteiger charge is -2.28. The van der Waals surface area contributed by atoms with E-state index in [1.54, 1.807) is 0 Å². The van der Waals surface area contributed by atoms with Crippen LogP contribution in [-0.4, -0.2) is 32.5 Å². The summed E-state index contributed by atoms with van der Waals surface area (Å²) in [5.74, 6) is 0.838. The summed E-state index contributed by atoms with van der Waals surface area (Å²) in [6, 6.07) is 0.396. The molecule has 0 heterocycles. The van der Waals surface area contributed by atoms with Crippen molar-refractivity contribution in [2.24, 2.45) is 5.92 Å². The summed E-state index contributed by atoms with van der Waals surface area (Å²) in [5, 5.41) is 3.11. The van der Waals surface area contributed by atoms with Crippen molar-refractivity contribution in [3.05, 3.63) is 0 Å². The molecular formula is C12H25NO2S. The predicted molar refractivity (Wildman–Crippen MR) is 68.3 cm³/mol. The van der Waals surface area contributed by atoms with Crippen LogP contribution >= 0.6 is 0 Å². The summed E-state index contributed by atoms with van der Waals surface area (Å²) in [4.78, 5) is 0. The van der Waals surface area contributed by atoms with Crippen LogP contribution in [0.2, 0.25) is 0 Å². The fraction of sp³-hybridized carbons (Fsp3) is 1.00. The lowest BCUT2D eigenvalue weighted by molar-refractivity contribution is 0.390. The maximum Gasteiger partial charge on any atom is 0.153 e. The standard InChI is InChI=1S/C12H25NO2S/c1-10(2)7-8-16(14,15)12-6-4-5-11(9-12)13-3/h10-13H,4-9H2,1-3H3. The first-order chi connectivity index (χ1) is 7.45. The SMILES string of the molecule is CNC1CCCC(S(=O)(=O)CCC(C)C)C1. The van der Waals surface area contributed by atoms with Gasteiger partial charge < -0.3 is 5.32 Å². The first-order valence-corrected chi connectivity index (χ1v) is 8.06. The minimum absolute atomic E-state index is 0.0996. The van der Waals surface area contributed by atoms with E-state index in [2.05, 4.69) is 19.2 Å². The van der Waals surface area contributed by atoms with Crippen molar-refractivity contribution >= 4 is 9.84 Å². The maximum atomic E-state index is 12.1. The zero-order chi connectivity index (χ0) is 12.2. The zero-order valence-corrected chi connectivity index (χ0v) is 11.5. The predicted octanol–water partition coefficient (Wildman–Crippen LogP) is 1.98. The van der Waals surface area contributed by atoms with Crippen molar-refractivity contribution in [1.29, 1.82) is 0 Å². The van der Waals surface area contributed by atoms with Gasteiger partial charge in [0.05, 0.1) is 11.0 Å². The Morgan fingerprint density at radius 2 is 2.00 bits per heavy atom. The van der Waals surface area contributed by atoms with Gasteiger partial charge >= 0.3 is 0 Å². The van der Waals surface area contributed by atoms with E-state index in [-0.39, 0.29) is 5.25 Å². The van der Waals surface area contributed by atoms with Crippen molar-refractivity contribution in [2.75, 3.05) is 12.8 Å². The van der Waals surface area contributed by atoms with Crippen LogP contribution in [-0.2, 0) is 9.84 Å². The Kier molecular flexibility index (Phi) is 5.25. The van der Waals surface area contributed by atoms with Crippen LogP contribution in [0.5, 0.6) is 0 Å². The average molecular weight is 247 g/mol. The lowest BCUT2D eigenvalue weighted by Crippen LogP contribution is -2.38. The molecule has 96 valence electrons. The van der Waals surface area contributed by atoms with Gasteiger partial charge in [-0.3, -0.25) is 0 Å². The lowest BCUT2D eigenvalue weighted by atomic mass is 9.95. The van der Waals surface area contributed by atoms with Gasteiger partial charge in [0.2, 0.25) is 0 Å². The highest BCUT2D eigenvalue weighted by Crippen LogP contribution is 2.25. The second kappa shape index (κ2) is 6.01. The molecule has 1 aliphatic rings. The van der Waals surface area contributed by atoms with Crippen LogP contribution < -0.4 is 5.32 Å². The number of rotatable bonds is 5. The molecule has 1 aliphatic carbocycles. The first-order valence-electron chi connectivity index (χ1n) is 6.34. The molecule has 0 bridgehead atoms. The molecular weight excluding hydrogens is 222 g/mol. The minimum atomic E-state index is -2.86. The molecule has 1 N–H and O–H groups in total. The molecule has 16 heavy (non-hydrogen) atoms. The number of nitrogens with one attached hydrogen (secondary N) is 1. The molecule has 0 aromatic carbocycles. The highest BCUT2D eigenvalue weighted by atomic mass is 32.2. The van der Waals surface area contributed by atoms with Crippen molar-refractivity contribution in [1.82, 2.24) is 5.32 Å². The van der Waals surface area contributed by atoms with Crippen molar-refractivity contribution in [3.63, 3.8) is 0 Å². The summed E-state index contributed by atoms with van der Waals surface area (Å²) < 4.78 is 24.2. The number of hydrogen-bond donors (Lipinski definition) is 1. The highest BCUT2D eigenvalue weighted by Gasteiger charge is 2.30. The molecule has 2 atom stereocenters. The van der Waals surface area contributed by atoms with Crippen LogP contribution in [0.1, 0.15) is 46.0 Å². The van der Waals surface area contributed by atoms with Crippen LogP contribution in [0.25, 0.3) is 0 Å². The Labute approximate surface area is 99.9 Å². The van der Waals surface area contributed by atoms with E-state index < -0.39 is 9.84 Å². The molecule has 1 rings (SSSR count). The third kappa shape index (κ3) is 4.06. The Bertz CT molecular complexity index is 298. The molecule has 4 heteroatoms. The van der Waals surface area contributed by atoms with Gasteiger partial charge in [0.1, 0.15) is 0 Å². The van der Waals surface area contributed by atoms with E-state index in [1.807, 2.05) is 7.05 Å². The quantitative estimate of drug-likeness (QED) is 0.808. The molecule has 3 nitrogen and oxygen atoms in total. The first kappa shape index (κ1) is 14.0. The minimum Gasteiger partial charge on any atom is -0.317 e. The van der Waals surface area contributed by atoms with Gasteiger partial charge in [-0.05, 0) is 38.6 Å². The van der Waals surface area contributed by atoms with E-state index in [4.69, 9.17) is 0 Å². The summed E-state index contributed by atoms with van der Waals surface area (Å²) >= 11 is 0. The summed E-state index contributed by atoms with van der Waals surface area (Å²) in [6.45, 7) is 4.15. The van der Waals surface area contributed by atoms with Gasteiger partial charge in [0, 0.05) is 6.04 Å². The summed E-state index contributed by atoms with van der Waals surface area (Å²) in [7, 11) is -0.937. The molecule has 0 saturated heterocycles. The van der Waals surface area contributed by atoms with E-state index in [0.29, 0.717) is 17.7 Å². The Morgan fingerprint density at radius 3 is 2.56 bits per heavy atom. The topological polar surface area (TPSA) is 46.2 Å². The van der Waals surface area contributed by atoms with Gasteiger partial charge in [0.15, 0.2) is 9.84 Å². The molecule has 2 unspecified atom stereocenters. The van der Waals surface area contributed by atoms with E-state index in [9.17, 15) is 8.42 Å². The summed E-state index contributed by atoms with van der Waals surface area (Å²) in [5.41, 5.74) is 0. The fourth-order valence-corrected chi connectivity index (χ4v) is 4.48. The third-order valence-electron chi connectivity index (χ3n) is 3.52. The van der Waals surface area contributed by atoms with E-state index in [1.165, 1.54) is 0 Å². The Hall–Kier alpha value is -0.0900. The van der Waals surface area contributed by atoms with Gasteiger partial charge in [-0.1, -0.05) is 20.3 Å². The third-order valence-corrected chi connectivity index (χ3v) is 5.77. The molecule has 0 aromatic heterocycles. The molecule has 0 radical (unpaired) electrons. The maximum absolute atomic E-state index is 12.1. The van der Waals surface area contributed by atoms with Crippen LogP contribution in [0.3, 0.4) is 0 Å². The molecule has 1 fully saturated rings. The molecule has 0 aromatic rings. The van der Waals surface area contributed by atoms with Gasteiger partial charge in [-0.15, -0.1) is 0 Å². The smallest absolute Gasteiger partial charge is 0.153 e. The number of sulfone groups is 1. The van der Waals surface area contributed by atoms with E-state index in [0.717, 1.165) is 32.1 Å². The Morgan fingerprint density at radius 1 is 1.31 bits per heavy atom. The largest absolute Gasteiger partial charge is 0.317 e. The second-order valence-corrected chi connectivity index (χ2v) is 7.72. The molecule has 0 amide bonds. The van der Waals surface area contributed by atoms with Crippen LogP contribution in [0.15, 0.2) is 0 Å². The summed E-state index contributed by atoms with van der Waals surface area (Å²) in [6.07, 6.45) is 4.61.